The Balaban J connectivity index is 2.69. The standard InChI is InChI=1S/C19H31ClN6O4/c1-19(2,3)30-9-7-17(28)25-16(6-8-27)18(29)22-11-13-10-14(20)4-5-15(13)23-12-24-26-21/h4-5,10,12,16,26-27H,6-9,11,21H2,1-3H3,(H,22,29)(H,23,24)(H,25,28)/t16-/m0/s1. The molecule has 0 saturated carbocycles. The maximum atomic E-state index is 12.6. The number of aliphatic hydroxyl groups excluding tert-OH is 1. The maximum Gasteiger partial charge on any atom is 0.242 e. The van der Waals surface area contributed by atoms with Gasteiger partial charge in [0.05, 0.1) is 24.3 Å². The lowest BCUT2D eigenvalue weighted by Gasteiger charge is -2.21. The van der Waals surface area contributed by atoms with Gasteiger partial charge in [-0.3, -0.25) is 20.9 Å². The van der Waals surface area contributed by atoms with Gasteiger partial charge in [0.1, 0.15) is 12.4 Å². The molecular formula is C19H31ClN6O4. The summed E-state index contributed by atoms with van der Waals surface area (Å²) in [7, 11) is 0. The van der Waals surface area contributed by atoms with E-state index in [1.54, 1.807) is 18.2 Å². The minimum absolute atomic E-state index is 0.0876. The van der Waals surface area contributed by atoms with Crippen LogP contribution in [0.3, 0.4) is 0 Å². The topological polar surface area (TPSA) is 150 Å². The number of benzene rings is 1. The lowest BCUT2D eigenvalue weighted by Crippen LogP contribution is -2.47. The molecule has 0 aromatic heterocycles. The van der Waals surface area contributed by atoms with Crippen molar-refractivity contribution < 1.29 is 19.4 Å². The predicted molar refractivity (Wildman–Crippen MR) is 116 cm³/mol. The summed E-state index contributed by atoms with van der Waals surface area (Å²) in [6, 6.07) is 4.17. The molecule has 0 aliphatic rings. The molecule has 1 rings (SSSR count). The summed E-state index contributed by atoms with van der Waals surface area (Å²) in [5.41, 5.74) is 5.62. The number of nitrogens with one attached hydrogen (secondary N) is 4. The lowest BCUT2D eigenvalue weighted by atomic mass is 10.1. The monoisotopic (exact) mass is 442 g/mol. The van der Waals surface area contributed by atoms with E-state index in [-0.39, 0.29) is 44.1 Å². The first-order chi connectivity index (χ1) is 14.2. The molecule has 1 aromatic carbocycles. The van der Waals surface area contributed by atoms with E-state index in [1.165, 1.54) is 6.34 Å². The van der Waals surface area contributed by atoms with E-state index >= 15 is 0 Å². The van der Waals surface area contributed by atoms with Gasteiger partial charge in [-0.05, 0) is 51.0 Å². The quantitative estimate of drug-likeness (QED) is 0.120. The SMILES string of the molecule is CC(C)(C)OCCC(=O)N[C@@H](CCO)C(=O)NCc1cc(Cl)ccc1N=CNNN. The van der Waals surface area contributed by atoms with Gasteiger partial charge in [0.25, 0.3) is 0 Å². The molecule has 0 aliphatic carbocycles. The zero-order valence-electron chi connectivity index (χ0n) is 17.5. The summed E-state index contributed by atoms with van der Waals surface area (Å²) in [6.45, 7) is 5.80. The number of carbonyl (C=O) groups excluding carboxylic acids is 2. The molecular weight excluding hydrogens is 412 g/mol. The summed E-state index contributed by atoms with van der Waals surface area (Å²) >= 11 is 6.04. The summed E-state index contributed by atoms with van der Waals surface area (Å²) < 4.78 is 5.52. The molecule has 30 heavy (non-hydrogen) atoms. The predicted octanol–water partition coefficient (Wildman–Crippen LogP) is 0.656. The number of nitrogens with zero attached hydrogens (tertiary/aromatic N) is 1. The maximum absolute atomic E-state index is 12.6. The van der Waals surface area contributed by atoms with Gasteiger partial charge < -0.3 is 20.5 Å². The molecule has 0 heterocycles. The molecule has 0 radical (unpaired) electrons. The van der Waals surface area contributed by atoms with Crippen LogP contribution in [0, 0.1) is 0 Å². The molecule has 0 unspecified atom stereocenters. The normalized spacial score (nSPS) is 12.6. The van der Waals surface area contributed by atoms with E-state index in [0.717, 1.165) is 0 Å². The van der Waals surface area contributed by atoms with E-state index in [1.807, 2.05) is 20.8 Å². The van der Waals surface area contributed by atoms with Crippen molar-refractivity contribution in [1.82, 2.24) is 21.6 Å². The summed E-state index contributed by atoms with van der Waals surface area (Å²) in [4.78, 5) is 28.9. The van der Waals surface area contributed by atoms with E-state index in [9.17, 15) is 14.7 Å². The Morgan fingerprint density at radius 2 is 2.10 bits per heavy atom. The molecule has 0 saturated heterocycles. The van der Waals surface area contributed by atoms with Crippen LogP contribution < -0.4 is 27.4 Å². The van der Waals surface area contributed by atoms with Gasteiger partial charge in [0.15, 0.2) is 0 Å². The van der Waals surface area contributed by atoms with Crippen molar-refractivity contribution in [3.63, 3.8) is 0 Å². The average molecular weight is 443 g/mol. The van der Waals surface area contributed by atoms with E-state index < -0.39 is 11.9 Å². The van der Waals surface area contributed by atoms with E-state index in [4.69, 9.17) is 22.2 Å². The van der Waals surface area contributed by atoms with E-state index in [2.05, 4.69) is 26.6 Å². The second-order valence-corrected chi connectivity index (χ2v) is 7.82. The zero-order chi connectivity index (χ0) is 22.6. The molecule has 7 N–H and O–H groups in total. The minimum Gasteiger partial charge on any atom is -0.396 e. The fourth-order valence-corrected chi connectivity index (χ4v) is 2.58. The second-order valence-electron chi connectivity index (χ2n) is 7.38. The summed E-state index contributed by atoms with van der Waals surface area (Å²) in [5.74, 6) is 4.36. The van der Waals surface area contributed by atoms with Crippen LogP contribution in [-0.2, 0) is 20.9 Å². The van der Waals surface area contributed by atoms with E-state index in [0.29, 0.717) is 16.3 Å². The minimum atomic E-state index is -0.869. The number of aliphatic hydroxyl groups is 1. The second kappa shape index (κ2) is 13.1. The molecule has 0 fully saturated rings. The van der Waals surface area contributed by atoms with Crippen LogP contribution in [0.4, 0.5) is 5.69 Å². The highest BCUT2D eigenvalue weighted by Gasteiger charge is 2.21. The van der Waals surface area contributed by atoms with Gasteiger partial charge in [-0.25, -0.2) is 4.99 Å². The molecule has 1 aromatic rings. The van der Waals surface area contributed by atoms with Crippen LogP contribution in [0.1, 0.15) is 39.2 Å². The largest absolute Gasteiger partial charge is 0.396 e. The Morgan fingerprint density at radius 1 is 1.37 bits per heavy atom. The number of ether oxygens (including phenoxy) is 1. The molecule has 2 amide bonds. The number of carbonyl (C=O) groups is 2. The Morgan fingerprint density at radius 3 is 2.73 bits per heavy atom. The first-order valence-corrected chi connectivity index (χ1v) is 9.88. The van der Waals surface area contributed by atoms with Gasteiger partial charge in [0, 0.05) is 18.2 Å². The number of rotatable bonds is 12. The third kappa shape index (κ3) is 10.5. The number of amides is 2. The van der Waals surface area contributed by atoms with Crippen LogP contribution in [0.15, 0.2) is 23.2 Å². The van der Waals surface area contributed by atoms with Gasteiger partial charge in [-0.15, -0.1) is 0 Å². The number of hydrazine groups is 2. The lowest BCUT2D eigenvalue weighted by molar-refractivity contribution is -0.130. The highest BCUT2D eigenvalue weighted by Crippen LogP contribution is 2.23. The molecule has 10 nitrogen and oxygen atoms in total. The number of aliphatic imine (C=N–C) groups is 1. The van der Waals surface area contributed by atoms with Crippen LogP contribution >= 0.6 is 11.6 Å². The fraction of sp³-hybridized carbons (Fsp3) is 0.526. The van der Waals surface area contributed by atoms with Crippen molar-refractivity contribution >= 4 is 35.4 Å². The average Bonchev–Trinajstić information content (AvgIpc) is 2.66. The van der Waals surface area contributed by atoms with Crippen molar-refractivity contribution in [3.8, 4) is 0 Å². The highest BCUT2D eigenvalue weighted by molar-refractivity contribution is 6.30. The van der Waals surface area contributed by atoms with Crippen LogP contribution in [0.5, 0.6) is 0 Å². The Labute approximate surface area is 181 Å². The molecule has 0 bridgehead atoms. The van der Waals surface area contributed by atoms with Gasteiger partial charge in [0.2, 0.25) is 11.8 Å². The molecule has 1 atom stereocenters. The Hall–Kier alpha value is -2.24. The van der Waals surface area contributed by atoms with Crippen molar-refractivity contribution in [2.75, 3.05) is 13.2 Å². The molecule has 0 spiro atoms. The van der Waals surface area contributed by atoms with Crippen LogP contribution in [0.2, 0.25) is 5.02 Å². The third-order valence-corrected chi connectivity index (χ3v) is 4.01. The molecule has 0 aliphatic heterocycles. The molecule has 168 valence electrons. The summed E-state index contributed by atoms with van der Waals surface area (Å²) in [5, 5.41) is 15.1. The third-order valence-electron chi connectivity index (χ3n) is 3.78. The van der Waals surface area contributed by atoms with Crippen LogP contribution in [0.25, 0.3) is 0 Å². The number of hydrogen-bond donors (Lipinski definition) is 6. The first kappa shape index (κ1) is 25.8. The number of hydrogen-bond acceptors (Lipinski definition) is 7. The van der Waals surface area contributed by atoms with Crippen molar-refractivity contribution in [2.45, 2.75) is 51.8 Å². The van der Waals surface area contributed by atoms with Crippen molar-refractivity contribution in [2.24, 2.45) is 10.8 Å². The summed E-state index contributed by atoms with van der Waals surface area (Å²) in [6.07, 6.45) is 1.55. The Kier molecular flexibility index (Phi) is 11.3. The molecule has 11 heteroatoms. The van der Waals surface area contributed by atoms with Crippen LogP contribution in [-0.4, -0.2) is 48.1 Å². The number of nitrogens with two attached hydrogens (primary N) is 1. The van der Waals surface area contributed by atoms with Gasteiger partial charge in [-0.1, -0.05) is 11.6 Å². The fourth-order valence-electron chi connectivity index (χ4n) is 2.38. The number of halogens is 1. The first-order valence-electron chi connectivity index (χ1n) is 9.50. The van der Waals surface area contributed by atoms with Crippen molar-refractivity contribution in [1.29, 1.82) is 0 Å². The Bertz CT molecular complexity index is 723. The van der Waals surface area contributed by atoms with Gasteiger partial charge in [-0.2, -0.15) is 5.53 Å². The zero-order valence-corrected chi connectivity index (χ0v) is 18.3. The van der Waals surface area contributed by atoms with Crippen molar-refractivity contribution in [3.05, 3.63) is 28.8 Å². The van der Waals surface area contributed by atoms with Gasteiger partial charge >= 0.3 is 0 Å². The highest BCUT2D eigenvalue weighted by atomic mass is 35.5. The smallest absolute Gasteiger partial charge is 0.242 e.